The summed E-state index contributed by atoms with van der Waals surface area (Å²) in [5.41, 5.74) is -0.223. The van der Waals surface area contributed by atoms with Crippen molar-refractivity contribution in [1.29, 1.82) is 0 Å². The fraction of sp³-hybridized carbons (Fsp3) is 0.167. The number of carbonyl (C=O) groups excluding carboxylic acids is 1. The zero-order chi connectivity index (χ0) is 15.6. The molecule has 0 aliphatic rings. The highest BCUT2D eigenvalue weighted by Crippen LogP contribution is 2.18. The lowest BCUT2D eigenvalue weighted by Gasteiger charge is -2.05. The van der Waals surface area contributed by atoms with Gasteiger partial charge in [0.25, 0.3) is 5.91 Å². The van der Waals surface area contributed by atoms with E-state index in [4.69, 9.17) is 0 Å². The number of hydrogen-bond donors (Lipinski definition) is 2. The number of aromatic hydroxyl groups is 1. The van der Waals surface area contributed by atoms with Gasteiger partial charge in [-0.2, -0.15) is 0 Å². The fourth-order valence-corrected chi connectivity index (χ4v) is 1.72. The Morgan fingerprint density at radius 3 is 2.90 bits per heavy atom. The molecule has 2 aromatic rings. The lowest BCUT2D eigenvalue weighted by atomic mass is 10.2. The van der Waals surface area contributed by atoms with Gasteiger partial charge in [-0.3, -0.25) is 4.79 Å². The van der Waals surface area contributed by atoms with E-state index in [2.05, 4.69) is 10.3 Å². The molecule has 21 heavy (non-hydrogen) atoms. The van der Waals surface area contributed by atoms with Crippen molar-refractivity contribution < 1.29 is 19.2 Å². The Bertz CT molecular complexity index is 713. The summed E-state index contributed by atoms with van der Waals surface area (Å²) in [6.45, 7) is -0.0981. The van der Waals surface area contributed by atoms with Crippen molar-refractivity contribution in [2.75, 3.05) is 0 Å². The number of aromatic nitrogens is 2. The van der Waals surface area contributed by atoms with E-state index in [0.717, 1.165) is 24.4 Å². The molecule has 1 aromatic carbocycles. The number of carbonyl (C=O) groups is 1. The Kier molecular flexibility index (Phi) is 3.83. The molecule has 1 amide bonds. The van der Waals surface area contributed by atoms with E-state index in [1.165, 1.54) is 11.6 Å². The lowest BCUT2D eigenvalue weighted by Crippen LogP contribution is -2.24. The minimum atomic E-state index is -0.711. The molecule has 110 valence electrons. The molecule has 9 heteroatoms. The molecule has 1 aromatic heterocycles. The topological polar surface area (TPSA) is 110 Å². The molecule has 0 spiro atoms. The number of imidazole rings is 1. The molecule has 0 aliphatic heterocycles. The molecule has 0 unspecified atom stereocenters. The maximum absolute atomic E-state index is 13.0. The number of phenols is 1. The van der Waals surface area contributed by atoms with Crippen molar-refractivity contribution in [2.45, 2.75) is 6.54 Å². The number of nitrogens with one attached hydrogen (secondary N) is 1. The van der Waals surface area contributed by atoms with Gasteiger partial charge < -0.3 is 20.5 Å². The average molecular weight is 294 g/mol. The summed E-state index contributed by atoms with van der Waals surface area (Å²) < 4.78 is 14.3. The van der Waals surface area contributed by atoms with Gasteiger partial charge in [0.05, 0.1) is 19.2 Å². The van der Waals surface area contributed by atoms with Crippen molar-refractivity contribution in [1.82, 2.24) is 14.9 Å². The summed E-state index contributed by atoms with van der Waals surface area (Å²) in [6.07, 6.45) is 1.07. The standard InChI is InChI=1S/C12H11FN4O4/c1-16-10(14-6-11(16)17(20)21)5-15-12(19)8-4-7(13)2-3-9(8)18/h2-4,6,18H,5H2,1H3,(H,15,19). The fourth-order valence-electron chi connectivity index (χ4n) is 1.72. The van der Waals surface area contributed by atoms with Crippen LogP contribution in [-0.4, -0.2) is 25.5 Å². The van der Waals surface area contributed by atoms with Crippen LogP contribution in [0.1, 0.15) is 16.2 Å². The van der Waals surface area contributed by atoms with Crippen LogP contribution in [0.2, 0.25) is 0 Å². The van der Waals surface area contributed by atoms with E-state index in [0.29, 0.717) is 0 Å². The molecule has 0 atom stereocenters. The maximum Gasteiger partial charge on any atom is 0.342 e. The van der Waals surface area contributed by atoms with E-state index < -0.39 is 16.6 Å². The molecule has 0 aliphatic carbocycles. The number of amides is 1. The van der Waals surface area contributed by atoms with E-state index in [9.17, 15) is 24.4 Å². The van der Waals surface area contributed by atoms with Crippen molar-refractivity contribution >= 4 is 11.7 Å². The normalized spacial score (nSPS) is 10.4. The van der Waals surface area contributed by atoms with Gasteiger partial charge in [-0.05, 0) is 23.1 Å². The smallest absolute Gasteiger partial charge is 0.342 e. The highest BCUT2D eigenvalue weighted by atomic mass is 19.1. The molecule has 0 bridgehead atoms. The molecular formula is C12H11FN4O4. The average Bonchev–Trinajstić information content (AvgIpc) is 2.80. The quantitative estimate of drug-likeness (QED) is 0.648. The Balaban J connectivity index is 2.11. The minimum Gasteiger partial charge on any atom is -0.507 e. The largest absolute Gasteiger partial charge is 0.507 e. The maximum atomic E-state index is 13.0. The molecule has 2 N–H and O–H groups in total. The van der Waals surface area contributed by atoms with Gasteiger partial charge in [0, 0.05) is 0 Å². The summed E-state index contributed by atoms with van der Waals surface area (Å²) in [5.74, 6) is -1.69. The molecule has 0 saturated carbocycles. The third-order valence-corrected chi connectivity index (χ3v) is 2.86. The number of nitro groups is 1. The first-order valence-electron chi connectivity index (χ1n) is 5.82. The first-order chi connectivity index (χ1) is 9.90. The molecule has 0 fully saturated rings. The predicted octanol–water partition coefficient (Wildman–Crippen LogP) is 1.10. The second-order valence-electron chi connectivity index (χ2n) is 4.19. The van der Waals surface area contributed by atoms with E-state index in [1.54, 1.807) is 0 Å². The highest BCUT2D eigenvalue weighted by molar-refractivity contribution is 5.96. The van der Waals surface area contributed by atoms with Crippen molar-refractivity contribution in [3.63, 3.8) is 0 Å². The van der Waals surface area contributed by atoms with Gasteiger partial charge in [-0.25, -0.2) is 13.9 Å². The summed E-state index contributed by atoms with van der Waals surface area (Å²) >= 11 is 0. The first-order valence-corrected chi connectivity index (χ1v) is 5.82. The van der Waals surface area contributed by atoms with Gasteiger partial charge in [-0.1, -0.05) is 0 Å². The van der Waals surface area contributed by atoms with Gasteiger partial charge >= 0.3 is 5.82 Å². The third-order valence-electron chi connectivity index (χ3n) is 2.86. The number of hydrogen-bond acceptors (Lipinski definition) is 5. The van der Waals surface area contributed by atoms with Crippen LogP contribution >= 0.6 is 0 Å². The Morgan fingerprint density at radius 2 is 2.29 bits per heavy atom. The van der Waals surface area contributed by atoms with Gasteiger partial charge in [0.1, 0.15) is 17.8 Å². The van der Waals surface area contributed by atoms with Crippen LogP contribution in [0.5, 0.6) is 5.75 Å². The second-order valence-corrected chi connectivity index (χ2v) is 4.19. The van der Waals surface area contributed by atoms with Crippen molar-refractivity contribution in [2.24, 2.45) is 7.05 Å². The van der Waals surface area contributed by atoms with Gasteiger partial charge in [0.2, 0.25) is 5.82 Å². The molecule has 8 nitrogen and oxygen atoms in total. The monoisotopic (exact) mass is 294 g/mol. The summed E-state index contributed by atoms with van der Waals surface area (Å²) in [5, 5.41) is 22.6. The molecular weight excluding hydrogens is 283 g/mol. The zero-order valence-corrected chi connectivity index (χ0v) is 10.9. The van der Waals surface area contributed by atoms with Crippen LogP contribution < -0.4 is 5.32 Å². The SMILES string of the molecule is Cn1c([N+](=O)[O-])cnc1CNC(=O)c1cc(F)ccc1O. The van der Waals surface area contributed by atoms with Crippen LogP contribution in [0.4, 0.5) is 10.2 Å². The number of halogens is 1. The van der Waals surface area contributed by atoms with E-state index >= 15 is 0 Å². The van der Waals surface area contributed by atoms with E-state index in [-0.39, 0.29) is 29.5 Å². The summed E-state index contributed by atoms with van der Waals surface area (Å²) in [6, 6.07) is 2.98. The van der Waals surface area contributed by atoms with Crippen LogP contribution in [0.25, 0.3) is 0 Å². The Hall–Kier alpha value is -2.97. The van der Waals surface area contributed by atoms with Gasteiger partial charge in [-0.15, -0.1) is 0 Å². The second kappa shape index (κ2) is 5.57. The third kappa shape index (κ3) is 2.96. The number of phenolic OH excluding ortho intramolecular Hbond substituents is 1. The van der Waals surface area contributed by atoms with Crippen LogP contribution in [0.3, 0.4) is 0 Å². The number of nitrogens with zero attached hydrogens (tertiary/aromatic N) is 3. The number of benzene rings is 1. The Labute approximate surface area is 118 Å². The zero-order valence-electron chi connectivity index (χ0n) is 10.9. The summed E-state index contributed by atoms with van der Waals surface area (Å²) in [7, 11) is 1.44. The lowest BCUT2D eigenvalue weighted by molar-refractivity contribution is -0.391. The summed E-state index contributed by atoms with van der Waals surface area (Å²) in [4.78, 5) is 25.7. The molecule has 1 heterocycles. The first kappa shape index (κ1) is 14.4. The Morgan fingerprint density at radius 1 is 1.57 bits per heavy atom. The van der Waals surface area contributed by atoms with Crippen molar-refractivity contribution in [3.05, 3.63) is 51.7 Å². The molecule has 0 radical (unpaired) electrons. The van der Waals surface area contributed by atoms with Crippen LogP contribution in [-0.2, 0) is 13.6 Å². The van der Waals surface area contributed by atoms with Crippen LogP contribution in [0.15, 0.2) is 24.4 Å². The van der Waals surface area contributed by atoms with E-state index in [1.807, 2.05) is 0 Å². The highest BCUT2D eigenvalue weighted by Gasteiger charge is 2.18. The number of rotatable bonds is 4. The molecule has 2 rings (SSSR count). The van der Waals surface area contributed by atoms with Crippen molar-refractivity contribution in [3.8, 4) is 5.75 Å². The molecule has 0 saturated heterocycles. The van der Waals surface area contributed by atoms with Gasteiger partial charge in [0.15, 0.2) is 0 Å². The van der Waals surface area contributed by atoms with Crippen LogP contribution in [0, 0.1) is 15.9 Å². The predicted molar refractivity (Wildman–Crippen MR) is 69.1 cm³/mol. The minimum absolute atomic E-state index is 0.0981.